The summed E-state index contributed by atoms with van der Waals surface area (Å²) in [7, 11) is 1.98. The number of fused-ring (bicyclic) bond motifs is 2. The monoisotopic (exact) mass is 365 g/mol. The van der Waals surface area contributed by atoms with Crippen LogP contribution in [-0.2, 0) is 7.05 Å². The van der Waals surface area contributed by atoms with E-state index in [1.807, 2.05) is 11.7 Å². The molecule has 134 valence electrons. The van der Waals surface area contributed by atoms with Gasteiger partial charge in [0.2, 0.25) is 0 Å². The maximum Gasteiger partial charge on any atom is 0.194 e. The quantitative estimate of drug-likeness (QED) is 0.583. The summed E-state index contributed by atoms with van der Waals surface area (Å²) in [4.78, 5) is 7.38. The average molecular weight is 366 g/mol. The van der Waals surface area contributed by atoms with Crippen molar-refractivity contribution in [2.24, 2.45) is 7.05 Å². The minimum atomic E-state index is 0.598. The molecule has 5 nitrogen and oxygen atoms in total. The SMILES string of the molecule is Cc1cc(-c2cn3c(C)c(C4CCNCC4)nc3s2)cc2cn(C)nc12. The molecule has 1 fully saturated rings. The largest absolute Gasteiger partial charge is 0.317 e. The number of aromatic nitrogens is 4. The van der Waals surface area contributed by atoms with E-state index in [1.54, 1.807) is 11.3 Å². The Morgan fingerprint density at radius 3 is 2.73 bits per heavy atom. The molecule has 0 aliphatic carbocycles. The van der Waals surface area contributed by atoms with E-state index >= 15 is 0 Å². The van der Waals surface area contributed by atoms with Crippen molar-refractivity contribution in [2.45, 2.75) is 32.6 Å². The van der Waals surface area contributed by atoms with Crippen LogP contribution < -0.4 is 5.32 Å². The number of nitrogens with one attached hydrogen (secondary N) is 1. The molecule has 1 saturated heterocycles. The molecule has 1 N–H and O–H groups in total. The number of nitrogens with zero attached hydrogens (tertiary/aromatic N) is 4. The number of hydrogen-bond donors (Lipinski definition) is 1. The number of thiazole rings is 1. The van der Waals surface area contributed by atoms with E-state index in [-0.39, 0.29) is 0 Å². The fraction of sp³-hybridized carbons (Fsp3) is 0.400. The summed E-state index contributed by atoms with van der Waals surface area (Å²) >= 11 is 1.78. The summed E-state index contributed by atoms with van der Waals surface area (Å²) in [5.74, 6) is 0.598. The molecule has 0 radical (unpaired) electrons. The molecule has 0 unspecified atom stereocenters. The molecule has 3 aromatic heterocycles. The van der Waals surface area contributed by atoms with Crippen LogP contribution in [0.3, 0.4) is 0 Å². The third kappa shape index (κ3) is 2.47. The fourth-order valence-corrected chi connectivity index (χ4v) is 5.18. The number of rotatable bonds is 2. The van der Waals surface area contributed by atoms with Gasteiger partial charge in [-0.05, 0) is 63.0 Å². The zero-order chi connectivity index (χ0) is 17.8. The minimum absolute atomic E-state index is 0.598. The van der Waals surface area contributed by atoms with Crippen LogP contribution in [0, 0.1) is 13.8 Å². The van der Waals surface area contributed by atoms with Gasteiger partial charge in [0.25, 0.3) is 0 Å². The molecule has 1 aromatic carbocycles. The molecule has 0 bridgehead atoms. The van der Waals surface area contributed by atoms with Gasteiger partial charge >= 0.3 is 0 Å². The average Bonchev–Trinajstić information content (AvgIpc) is 3.30. The van der Waals surface area contributed by atoms with E-state index in [9.17, 15) is 0 Å². The molecule has 0 amide bonds. The van der Waals surface area contributed by atoms with Gasteiger partial charge in [-0.2, -0.15) is 5.10 Å². The van der Waals surface area contributed by atoms with E-state index in [2.05, 4.69) is 53.2 Å². The summed E-state index contributed by atoms with van der Waals surface area (Å²) in [6.45, 7) is 6.55. The Bertz CT molecular complexity index is 1110. The molecule has 0 atom stereocenters. The Morgan fingerprint density at radius 2 is 1.96 bits per heavy atom. The molecule has 0 spiro atoms. The van der Waals surface area contributed by atoms with Crippen molar-refractivity contribution in [1.29, 1.82) is 0 Å². The highest BCUT2D eigenvalue weighted by Crippen LogP contribution is 2.35. The van der Waals surface area contributed by atoms with Crippen molar-refractivity contribution in [3.8, 4) is 10.4 Å². The Balaban J connectivity index is 1.58. The molecular weight excluding hydrogens is 342 g/mol. The predicted octanol–water partition coefficient (Wildman–Crippen LogP) is 4.03. The van der Waals surface area contributed by atoms with Crippen molar-refractivity contribution >= 4 is 27.2 Å². The van der Waals surface area contributed by atoms with Crippen molar-refractivity contribution in [3.63, 3.8) is 0 Å². The standard InChI is InChI=1S/C20H23N5S/c1-12-8-15(9-16-10-24(3)23-18(12)16)17-11-25-13(2)19(22-20(25)26-17)14-4-6-21-7-5-14/h8-11,14,21H,4-7H2,1-3H3. The van der Waals surface area contributed by atoms with Gasteiger partial charge < -0.3 is 5.32 Å². The number of hydrogen-bond acceptors (Lipinski definition) is 4. The van der Waals surface area contributed by atoms with Gasteiger partial charge in [-0.3, -0.25) is 9.08 Å². The van der Waals surface area contributed by atoms with Crippen LogP contribution >= 0.6 is 11.3 Å². The molecule has 1 aliphatic heterocycles. The third-order valence-electron chi connectivity index (χ3n) is 5.53. The van der Waals surface area contributed by atoms with E-state index in [0.717, 1.165) is 23.6 Å². The van der Waals surface area contributed by atoms with Crippen molar-refractivity contribution in [2.75, 3.05) is 13.1 Å². The lowest BCUT2D eigenvalue weighted by molar-refractivity contribution is 0.453. The number of aryl methyl sites for hydroxylation is 3. The first-order valence-electron chi connectivity index (χ1n) is 9.23. The summed E-state index contributed by atoms with van der Waals surface area (Å²) in [6, 6.07) is 4.48. The van der Waals surface area contributed by atoms with Gasteiger partial charge in [-0.15, -0.1) is 0 Å². The maximum absolute atomic E-state index is 5.01. The van der Waals surface area contributed by atoms with Crippen LogP contribution in [-0.4, -0.2) is 32.3 Å². The van der Waals surface area contributed by atoms with Gasteiger partial charge in [-0.25, -0.2) is 4.98 Å². The number of imidazole rings is 1. The predicted molar refractivity (Wildman–Crippen MR) is 107 cm³/mol. The Labute approximate surface area is 156 Å². The van der Waals surface area contributed by atoms with Gasteiger partial charge in [0.15, 0.2) is 4.96 Å². The molecular formula is C20H23N5S. The summed E-state index contributed by atoms with van der Waals surface area (Å²) in [6.07, 6.45) is 6.72. The van der Waals surface area contributed by atoms with E-state index < -0.39 is 0 Å². The highest BCUT2D eigenvalue weighted by molar-refractivity contribution is 7.20. The first-order chi connectivity index (χ1) is 12.6. The minimum Gasteiger partial charge on any atom is -0.317 e. The number of benzene rings is 1. The molecule has 4 heterocycles. The topological polar surface area (TPSA) is 47.1 Å². The highest BCUT2D eigenvalue weighted by Gasteiger charge is 2.22. The normalized spacial score (nSPS) is 16.1. The van der Waals surface area contributed by atoms with Crippen LogP contribution in [0.1, 0.15) is 35.7 Å². The molecule has 6 heteroatoms. The first kappa shape index (κ1) is 16.0. The second-order valence-corrected chi connectivity index (χ2v) is 8.40. The van der Waals surface area contributed by atoms with Crippen LogP contribution in [0.2, 0.25) is 0 Å². The van der Waals surface area contributed by atoms with Crippen molar-refractivity contribution in [3.05, 3.63) is 41.5 Å². The molecule has 4 aromatic rings. The van der Waals surface area contributed by atoms with Gasteiger partial charge in [-0.1, -0.05) is 11.3 Å². The van der Waals surface area contributed by atoms with E-state index in [4.69, 9.17) is 4.98 Å². The van der Waals surface area contributed by atoms with Crippen LogP contribution in [0.4, 0.5) is 0 Å². The van der Waals surface area contributed by atoms with E-state index in [0.29, 0.717) is 5.92 Å². The molecule has 0 saturated carbocycles. The zero-order valence-electron chi connectivity index (χ0n) is 15.4. The lowest BCUT2D eigenvalue weighted by atomic mass is 9.93. The molecule has 1 aliphatic rings. The van der Waals surface area contributed by atoms with Gasteiger partial charge in [0.1, 0.15) is 0 Å². The lowest BCUT2D eigenvalue weighted by Gasteiger charge is -2.21. The maximum atomic E-state index is 5.01. The fourth-order valence-electron chi connectivity index (χ4n) is 4.16. The Morgan fingerprint density at radius 1 is 1.15 bits per heavy atom. The van der Waals surface area contributed by atoms with Gasteiger partial charge in [0.05, 0.1) is 16.1 Å². The van der Waals surface area contributed by atoms with Crippen LogP contribution in [0.15, 0.2) is 24.5 Å². The highest BCUT2D eigenvalue weighted by atomic mass is 32.1. The smallest absolute Gasteiger partial charge is 0.194 e. The van der Waals surface area contributed by atoms with E-state index in [1.165, 1.54) is 45.6 Å². The zero-order valence-corrected chi connectivity index (χ0v) is 16.2. The van der Waals surface area contributed by atoms with Crippen molar-refractivity contribution < 1.29 is 0 Å². The number of piperidine rings is 1. The first-order valence-corrected chi connectivity index (χ1v) is 10.1. The third-order valence-corrected chi connectivity index (χ3v) is 6.56. The Kier molecular flexibility index (Phi) is 3.65. The van der Waals surface area contributed by atoms with Crippen LogP contribution in [0.25, 0.3) is 26.3 Å². The molecule has 26 heavy (non-hydrogen) atoms. The molecule has 5 rings (SSSR count). The second-order valence-electron chi connectivity index (χ2n) is 7.39. The summed E-state index contributed by atoms with van der Waals surface area (Å²) < 4.78 is 4.16. The summed E-state index contributed by atoms with van der Waals surface area (Å²) in [5, 5.41) is 9.20. The van der Waals surface area contributed by atoms with Gasteiger partial charge in [0, 0.05) is 36.4 Å². The Hall–Kier alpha value is -2.18. The lowest BCUT2D eigenvalue weighted by Crippen LogP contribution is -2.27. The van der Waals surface area contributed by atoms with Crippen LogP contribution in [0.5, 0.6) is 0 Å². The van der Waals surface area contributed by atoms with Crippen molar-refractivity contribution in [1.82, 2.24) is 24.5 Å². The summed E-state index contributed by atoms with van der Waals surface area (Å²) in [5.41, 5.74) is 6.15. The second kappa shape index (κ2) is 5.93.